The van der Waals surface area contributed by atoms with Crippen molar-refractivity contribution < 1.29 is 14.7 Å². The summed E-state index contributed by atoms with van der Waals surface area (Å²) in [6.07, 6.45) is 0.772. The largest absolute Gasteiger partial charge is 0.480 e. The number of amides is 1. The summed E-state index contributed by atoms with van der Waals surface area (Å²) in [5.41, 5.74) is 5.84. The van der Waals surface area contributed by atoms with Gasteiger partial charge in [-0.3, -0.25) is 14.5 Å². The number of carbonyl (C=O) groups is 2. The predicted molar refractivity (Wildman–Crippen MR) is 81.9 cm³/mol. The highest BCUT2D eigenvalue weighted by Gasteiger charge is 2.31. The van der Waals surface area contributed by atoms with Gasteiger partial charge in [-0.1, -0.05) is 20.8 Å². The van der Waals surface area contributed by atoms with Crippen LogP contribution in [0.25, 0.3) is 0 Å². The quantitative estimate of drug-likeness (QED) is 0.777. The molecule has 1 aliphatic rings. The molecule has 0 radical (unpaired) electrons. The highest BCUT2D eigenvalue weighted by Crippen LogP contribution is 2.25. The number of nitrogens with two attached hydrogens (primary N) is 1. The van der Waals surface area contributed by atoms with E-state index in [1.807, 2.05) is 9.80 Å². The van der Waals surface area contributed by atoms with Crippen LogP contribution in [-0.4, -0.2) is 65.5 Å². The number of carboxylic acid groups (broad SMARTS) is 1. The third-order valence-electron chi connectivity index (χ3n) is 4.02. The molecular formula is C15H29N3O3. The predicted octanol–water partition coefficient (Wildman–Crippen LogP) is 0.615. The van der Waals surface area contributed by atoms with Gasteiger partial charge in [0.2, 0.25) is 5.91 Å². The molecule has 0 spiro atoms. The monoisotopic (exact) mass is 299 g/mol. The van der Waals surface area contributed by atoms with Crippen molar-refractivity contribution in [3.8, 4) is 0 Å². The molecule has 1 aliphatic heterocycles. The Labute approximate surface area is 127 Å². The van der Waals surface area contributed by atoms with Crippen molar-refractivity contribution in [2.45, 2.75) is 40.2 Å². The van der Waals surface area contributed by atoms with Gasteiger partial charge in [-0.15, -0.1) is 0 Å². The molecule has 0 aliphatic carbocycles. The number of piperazine rings is 1. The van der Waals surface area contributed by atoms with Crippen LogP contribution >= 0.6 is 0 Å². The zero-order valence-corrected chi connectivity index (χ0v) is 13.6. The minimum atomic E-state index is -0.817. The SMILES string of the molecule is CC(C(=O)O)N1CCN(C(=O)C(CN)CC(C)(C)C)CC1. The van der Waals surface area contributed by atoms with Crippen LogP contribution in [0.1, 0.15) is 34.1 Å². The lowest BCUT2D eigenvalue weighted by Gasteiger charge is -2.38. The second kappa shape index (κ2) is 7.22. The van der Waals surface area contributed by atoms with Crippen molar-refractivity contribution in [1.29, 1.82) is 0 Å². The van der Waals surface area contributed by atoms with Crippen molar-refractivity contribution in [3.63, 3.8) is 0 Å². The van der Waals surface area contributed by atoms with Crippen molar-refractivity contribution in [1.82, 2.24) is 9.80 Å². The molecule has 21 heavy (non-hydrogen) atoms. The van der Waals surface area contributed by atoms with Crippen molar-refractivity contribution in [2.75, 3.05) is 32.7 Å². The van der Waals surface area contributed by atoms with Crippen molar-refractivity contribution in [3.05, 3.63) is 0 Å². The Hall–Kier alpha value is -1.14. The summed E-state index contributed by atoms with van der Waals surface area (Å²) in [5.74, 6) is -0.856. The lowest BCUT2D eigenvalue weighted by molar-refractivity contribution is -0.144. The molecule has 1 saturated heterocycles. The minimum Gasteiger partial charge on any atom is -0.480 e. The molecule has 122 valence electrons. The van der Waals surface area contributed by atoms with E-state index in [2.05, 4.69) is 20.8 Å². The van der Waals surface area contributed by atoms with Crippen LogP contribution in [0.3, 0.4) is 0 Å². The zero-order valence-electron chi connectivity index (χ0n) is 13.6. The van der Waals surface area contributed by atoms with Gasteiger partial charge >= 0.3 is 5.97 Å². The van der Waals surface area contributed by atoms with Crippen LogP contribution in [0.5, 0.6) is 0 Å². The average molecular weight is 299 g/mol. The van der Waals surface area contributed by atoms with Gasteiger partial charge in [-0.05, 0) is 18.8 Å². The fourth-order valence-corrected chi connectivity index (χ4v) is 2.75. The highest BCUT2D eigenvalue weighted by molar-refractivity contribution is 5.79. The van der Waals surface area contributed by atoms with E-state index >= 15 is 0 Å². The number of aliphatic carboxylic acids is 1. The first-order valence-electron chi connectivity index (χ1n) is 7.61. The molecule has 1 amide bonds. The van der Waals surface area contributed by atoms with Gasteiger partial charge in [-0.25, -0.2) is 0 Å². The lowest BCUT2D eigenvalue weighted by atomic mass is 9.84. The van der Waals surface area contributed by atoms with E-state index in [0.29, 0.717) is 32.7 Å². The van der Waals surface area contributed by atoms with Crippen LogP contribution in [0.15, 0.2) is 0 Å². The van der Waals surface area contributed by atoms with Crippen LogP contribution < -0.4 is 5.73 Å². The van der Waals surface area contributed by atoms with Gasteiger partial charge in [0, 0.05) is 32.7 Å². The first-order valence-corrected chi connectivity index (χ1v) is 7.61. The van der Waals surface area contributed by atoms with E-state index in [0.717, 1.165) is 6.42 Å². The first-order chi connectivity index (χ1) is 9.65. The molecule has 0 bridgehead atoms. The van der Waals surface area contributed by atoms with Crippen LogP contribution in [0, 0.1) is 11.3 Å². The van der Waals surface area contributed by atoms with Gasteiger partial charge in [0.15, 0.2) is 0 Å². The summed E-state index contributed by atoms with van der Waals surface area (Å²) in [6.45, 7) is 10.7. The van der Waals surface area contributed by atoms with E-state index in [-0.39, 0.29) is 17.2 Å². The third-order valence-corrected chi connectivity index (χ3v) is 4.02. The topological polar surface area (TPSA) is 86.9 Å². The van der Waals surface area contributed by atoms with Crippen molar-refractivity contribution >= 4 is 11.9 Å². The summed E-state index contributed by atoms with van der Waals surface area (Å²) in [5, 5.41) is 9.02. The summed E-state index contributed by atoms with van der Waals surface area (Å²) < 4.78 is 0. The summed E-state index contributed by atoms with van der Waals surface area (Å²) in [6, 6.07) is -0.498. The Balaban J connectivity index is 2.56. The molecule has 0 aromatic rings. The van der Waals surface area contributed by atoms with E-state index in [1.165, 1.54) is 0 Å². The van der Waals surface area contributed by atoms with Gasteiger partial charge < -0.3 is 15.7 Å². The zero-order chi connectivity index (χ0) is 16.2. The molecule has 3 N–H and O–H groups in total. The number of hydrogen-bond donors (Lipinski definition) is 2. The van der Waals surface area contributed by atoms with E-state index in [1.54, 1.807) is 6.92 Å². The van der Waals surface area contributed by atoms with Gasteiger partial charge in [-0.2, -0.15) is 0 Å². The Morgan fingerprint density at radius 3 is 2.10 bits per heavy atom. The summed E-state index contributed by atoms with van der Waals surface area (Å²) >= 11 is 0. The molecule has 6 heteroatoms. The maximum Gasteiger partial charge on any atom is 0.320 e. The molecule has 1 fully saturated rings. The molecule has 6 nitrogen and oxygen atoms in total. The molecule has 0 aromatic heterocycles. The highest BCUT2D eigenvalue weighted by atomic mass is 16.4. The first kappa shape index (κ1) is 17.9. The number of carbonyl (C=O) groups excluding carboxylic acids is 1. The molecular weight excluding hydrogens is 270 g/mol. The number of rotatable bonds is 5. The maximum atomic E-state index is 12.5. The van der Waals surface area contributed by atoms with Gasteiger partial charge in [0.25, 0.3) is 0 Å². The summed E-state index contributed by atoms with van der Waals surface area (Å²) in [7, 11) is 0. The Morgan fingerprint density at radius 2 is 1.71 bits per heavy atom. The normalized spacial score (nSPS) is 20.1. The Kier molecular flexibility index (Phi) is 6.16. The fraction of sp³-hybridized carbons (Fsp3) is 0.867. The average Bonchev–Trinajstić information content (AvgIpc) is 2.42. The standard InChI is InChI=1S/C15H29N3O3/c1-11(14(20)21)17-5-7-18(8-6-17)13(19)12(10-16)9-15(2,3)4/h11-12H,5-10,16H2,1-4H3,(H,20,21). The molecule has 2 unspecified atom stereocenters. The van der Waals surface area contributed by atoms with Gasteiger partial charge in [0.1, 0.15) is 6.04 Å². The Bertz CT molecular complexity index is 371. The smallest absolute Gasteiger partial charge is 0.320 e. The molecule has 0 aromatic carbocycles. The fourth-order valence-electron chi connectivity index (χ4n) is 2.75. The van der Waals surface area contributed by atoms with Crippen LogP contribution in [0.2, 0.25) is 0 Å². The number of hydrogen-bond acceptors (Lipinski definition) is 4. The van der Waals surface area contributed by atoms with Crippen molar-refractivity contribution in [2.24, 2.45) is 17.1 Å². The number of carboxylic acids is 1. The maximum absolute atomic E-state index is 12.5. The Morgan fingerprint density at radius 1 is 1.19 bits per heavy atom. The van der Waals surface area contributed by atoms with Crippen LogP contribution in [-0.2, 0) is 9.59 Å². The van der Waals surface area contributed by atoms with Gasteiger partial charge in [0.05, 0.1) is 5.92 Å². The van der Waals surface area contributed by atoms with Crippen LogP contribution in [0.4, 0.5) is 0 Å². The lowest BCUT2D eigenvalue weighted by Crippen LogP contribution is -2.54. The second-order valence-corrected chi connectivity index (χ2v) is 7.07. The number of nitrogens with zero attached hydrogens (tertiary/aromatic N) is 2. The summed E-state index contributed by atoms with van der Waals surface area (Å²) in [4.78, 5) is 27.2. The minimum absolute atomic E-state index is 0.0688. The van der Waals surface area contributed by atoms with E-state index in [9.17, 15) is 9.59 Å². The van der Waals surface area contributed by atoms with E-state index < -0.39 is 12.0 Å². The molecule has 2 atom stereocenters. The molecule has 1 rings (SSSR count). The second-order valence-electron chi connectivity index (χ2n) is 7.07. The van der Waals surface area contributed by atoms with E-state index in [4.69, 9.17) is 10.8 Å². The molecule has 0 saturated carbocycles. The third kappa shape index (κ3) is 5.28. The molecule has 1 heterocycles.